The van der Waals surface area contributed by atoms with Crippen LogP contribution >= 0.6 is 0 Å². The Morgan fingerprint density at radius 2 is 1.74 bits per heavy atom. The summed E-state index contributed by atoms with van der Waals surface area (Å²) in [5.41, 5.74) is 8.32. The van der Waals surface area contributed by atoms with Crippen molar-refractivity contribution in [2.75, 3.05) is 20.8 Å². The molecule has 2 aromatic heterocycles. The zero-order valence-electron chi connectivity index (χ0n) is 18.9. The maximum atomic E-state index is 12.3. The molecule has 0 aliphatic rings. The van der Waals surface area contributed by atoms with Crippen LogP contribution in [0.5, 0.6) is 17.6 Å². The standard InChI is InChI=1S/C15H10F3N3O3.C9H13NO/c1-23-14-20-11(7-12(21-14)24-13(22)15(16,17)18)9-3-2-8-4-5-19-10(8)6-9;1-11-9-4-2-8(3-5-9)6-7-10/h2-7,19H,1H3;2-5H,6-7,10H2,1H3. The summed E-state index contributed by atoms with van der Waals surface area (Å²) in [4.78, 5) is 21.6. The van der Waals surface area contributed by atoms with Gasteiger partial charge in [-0.3, -0.25) is 0 Å². The third kappa shape index (κ3) is 6.93. The topological polar surface area (TPSA) is 112 Å². The van der Waals surface area contributed by atoms with E-state index in [9.17, 15) is 18.0 Å². The second-order valence-corrected chi connectivity index (χ2v) is 7.13. The number of nitrogens with two attached hydrogens (primary N) is 1. The van der Waals surface area contributed by atoms with Gasteiger partial charge in [0.25, 0.3) is 0 Å². The number of methoxy groups -OCH3 is 2. The molecular weight excluding hydrogens is 465 g/mol. The second-order valence-electron chi connectivity index (χ2n) is 7.13. The van der Waals surface area contributed by atoms with Crippen molar-refractivity contribution in [1.29, 1.82) is 0 Å². The molecule has 0 fully saturated rings. The molecule has 0 saturated carbocycles. The molecule has 0 saturated heterocycles. The molecule has 0 aliphatic carbocycles. The number of esters is 1. The average Bonchev–Trinajstić information content (AvgIpc) is 3.32. The van der Waals surface area contributed by atoms with E-state index in [2.05, 4.69) is 19.7 Å². The molecule has 184 valence electrons. The Bertz CT molecular complexity index is 1270. The lowest BCUT2D eigenvalue weighted by molar-refractivity contribution is -0.190. The van der Waals surface area contributed by atoms with E-state index in [1.807, 2.05) is 36.4 Å². The van der Waals surface area contributed by atoms with Crippen molar-refractivity contribution >= 4 is 16.9 Å². The summed E-state index contributed by atoms with van der Waals surface area (Å²) in [7, 11) is 2.92. The van der Waals surface area contributed by atoms with Gasteiger partial charge in [0.15, 0.2) is 0 Å². The van der Waals surface area contributed by atoms with Crippen molar-refractivity contribution in [3.05, 3.63) is 66.4 Å². The highest BCUT2D eigenvalue weighted by atomic mass is 19.4. The minimum absolute atomic E-state index is 0.218. The van der Waals surface area contributed by atoms with Crippen molar-refractivity contribution < 1.29 is 32.2 Å². The molecule has 2 aromatic carbocycles. The third-order valence-electron chi connectivity index (χ3n) is 4.74. The van der Waals surface area contributed by atoms with Crippen LogP contribution in [-0.4, -0.2) is 47.9 Å². The van der Waals surface area contributed by atoms with Crippen molar-refractivity contribution in [2.24, 2.45) is 5.73 Å². The quantitative estimate of drug-likeness (QED) is 0.389. The molecule has 0 radical (unpaired) electrons. The number of carbonyl (C=O) groups is 1. The van der Waals surface area contributed by atoms with Gasteiger partial charge in [0.2, 0.25) is 5.88 Å². The van der Waals surface area contributed by atoms with Crippen LogP contribution in [0.4, 0.5) is 13.2 Å². The number of hydrogen-bond donors (Lipinski definition) is 2. The van der Waals surface area contributed by atoms with E-state index in [0.29, 0.717) is 12.1 Å². The number of rotatable bonds is 6. The van der Waals surface area contributed by atoms with Crippen LogP contribution in [0.15, 0.2) is 60.8 Å². The number of carbonyl (C=O) groups excluding carboxylic acids is 1. The minimum Gasteiger partial charge on any atom is -0.497 e. The first-order valence-electron chi connectivity index (χ1n) is 10.4. The van der Waals surface area contributed by atoms with Gasteiger partial charge < -0.3 is 24.9 Å². The summed E-state index contributed by atoms with van der Waals surface area (Å²) >= 11 is 0. The maximum Gasteiger partial charge on any atom is 0.491 e. The lowest BCUT2D eigenvalue weighted by Crippen LogP contribution is -2.28. The van der Waals surface area contributed by atoms with Gasteiger partial charge in [-0.15, -0.1) is 0 Å². The fourth-order valence-corrected chi connectivity index (χ4v) is 3.01. The monoisotopic (exact) mass is 488 g/mol. The summed E-state index contributed by atoms with van der Waals surface area (Å²) in [6.45, 7) is 0.701. The van der Waals surface area contributed by atoms with E-state index >= 15 is 0 Å². The van der Waals surface area contributed by atoms with Crippen molar-refractivity contribution in [1.82, 2.24) is 15.0 Å². The Hall–Kier alpha value is -4.12. The number of fused-ring (bicyclic) bond motifs is 1. The summed E-state index contributed by atoms with van der Waals surface area (Å²) < 4.78 is 51.1. The first-order chi connectivity index (χ1) is 16.7. The second kappa shape index (κ2) is 11.3. The number of aromatic nitrogens is 3. The summed E-state index contributed by atoms with van der Waals surface area (Å²) in [6, 6.07) is 16.1. The first-order valence-corrected chi connectivity index (χ1v) is 10.4. The molecule has 0 aliphatic heterocycles. The molecule has 0 unspecified atom stereocenters. The fraction of sp³-hybridized carbons (Fsp3) is 0.208. The van der Waals surface area contributed by atoms with Gasteiger partial charge in [-0.1, -0.05) is 24.3 Å². The summed E-state index contributed by atoms with van der Waals surface area (Å²) in [6.07, 6.45) is -2.43. The fourth-order valence-electron chi connectivity index (χ4n) is 3.01. The summed E-state index contributed by atoms with van der Waals surface area (Å²) in [5.74, 6) is -2.02. The number of benzene rings is 2. The highest BCUT2D eigenvalue weighted by Gasteiger charge is 2.41. The molecule has 4 rings (SSSR count). The van der Waals surface area contributed by atoms with Gasteiger partial charge in [0.1, 0.15) is 5.75 Å². The van der Waals surface area contributed by atoms with Crippen LogP contribution in [0.2, 0.25) is 0 Å². The predicted molar refractivity (Wildman–Crippen MR) is 123 cm³/mol. The molecule has 8 nitrogen and oxygen atoms in total. The number of nitrogens with one attached hydrogen (secondary N) is 1. The highest BCUT2D eigenvalue weighted by Crippen LogP contribution is 2.27. The molecular formula is C24H23F3N4O4. The predicted octanol–water partition coefficient (Wildman–Crippen LogP) is 4.30. The molecule has 4 aromatic rings. The van der Waals surface area contributed by atoms with Gasteiger partial charge in [-0.05, 0) is 48.2 Å². The van der Waals surface area contributed by atoms with Gasteiger partial charge in [0, 0.05) is 23.3 Å². The Labute approximate surface area is 198 Å². The average molecular weight is 488 g/mol. The van der Waals surface area contributed by atoms with Crippen LogP contribution in [-0.2, 0) is 11.2 Å². The number of nitrogens with zero attached hydrogens (tertiary/aromatic N) is 2. The molecule has 0 atom stereocenters. The van der Waals surface area contributed by atoms with Crippen molar-refractivity contribution in [3.63, 3.8) is 0 Å². The molecule has 11 heteroatoms. The molecule has 0 bridgehead atoms. The van der Waals surface area contributed by atoms with Crippen LogP contribution in [0, 0.1) is 0 Å². The number of halogens is 3. The molecule has 3 N–H and O–H groups in total. The Morgan fingerprint density at radius 3 is 2.37 bits per heavy atom. The van der Waals surface area contributed by atoms with Crippen molar-refractivity contribution in [2.45, 2.75) is 12.6 Å². The van der Waals surface area contributed by atoms with Gasteiger partial charge >= 0.3 is 18.2 Å². The van der Waals surface area contributed by atoms with E-state index in [0.717, 1.165) is 29.1 Å². The van der Waals surface area contributed by atoms with Gasteiger partial charge in [-0.2, -0.15) is 23.1 Å². The number of ether oxygens (including phenoxy) is 3. The van der Waals surface area contributed by atoms with E-state index in [1.54, 1.807) is 25.4 Å². The maximum absolute atomic E-state index is 12.3. The normalized spacial score (nSPS) is 10.9. The summed E-state index contributed by atoms with van der Waals surface area (Å²) in [5, 5.41) is 0.962. The molecule has 2 heterocycles. The number of aromatic amines is 1. The lowest BCUT2D eigenvalue weighted by Gasteiger charge is -2.09. The molecule has 35 heavy (non-hydrogen) atoms. The Morgan fingerprint density at radius 1 is 1.00 bits per heavy atom. The van der Waals surface area contributed by atoms with Crippen LogP contribution in [0.1, 0.15) is 5.56 Å². The van der Waals surface area contributed by atoms with E-state index in [4.69, 9.17) is 15.2 Å². The number of hydrogen-bond acceptors (Lipinski definition) is 7. The van der Waals surface area contributed by atoms with Crippen LogP contribution < -0.4 is 19.9 Å². The largest absolute Gasteiger partial charge is 0.497 e. The van der Waals surface area contributed by atoms with E-state index in [-0.39, 0.29) is 11.7 Å². The minimum atomic E-state index is -5.12. The number of H-pyrrole nitrogens is 1. The Balaban J connectivity index is 0.000000261. The molecule has 0 spiro atoms. The SMILES string of the molecule is COc1ccc(CCN)cc1.COc1nc(OC(=O)C(F)(F)F)cc(-c2ccc3cc[nH]c3c2)n1. The Kier molecular flexibility index (Phi) is 8.26. The highest BCUT2D eigenvalue weighted by molar-refractivity contribution is 5.84. The molecule has 0 amide bonds. The third-order valence-corrected chi connectivity index (χ3v) is 4.74. The van der Waals surface area contributed by atoms with E-state index < -0.39 is 18.0 Å². The van der Waals surface area contributed by atoms with Crippen LogP contribution in [0.3, 0.4) is 0 Å². The number of alkyl halides is 3. The van der Waals surface area contributed by atoms with E-state index in [1.165, 1.54) is 12.7 Å². The lowest BCUT2D eigenvalue weighted by atomic mass is 10.1. The van der Waals surface area contributed by atoms with Crippen LogP contribution in [0.25, 0.3) is 22.2 Å². The van der Waals surface area contributed by atoms with Gasteiger partial charge in [0.05, 0.1) is 19.9 Å². The smallest absolute Gasteiger partial charge is 0.491 e. The van der Waals surface area contributed by atoms with Crippen molar-refractivity contribution in [3.8, 4) is 28.9 Å². The zero-order chi connectivity index (χ0) is 25.4. The van der Waals surface area contributed by atoms with Gasteiger partial charge in [-0.25, -0.2) is 4.79 Å². The first kappa shape index (κ1) is 25.5. The zero-order valence-corrected chi connectivity index (χ0v) is 18.9.